The zero-order valence-corrected chi connectivity index (χ0v) is 7.28. The second-order valence-electron chi connectivity index (χ2n) is 2.34. The molecule has 0 aliphatic rings. The number of aromatic nitrogens is 2. The van der Waals surface area contributed by atoms with Crippen LogP contribution in [0.1, 0.15) is 5.69 Å². The molecule has 4 heteroatoms. The Morgan fingerprint density at radius 3 is 2.83 bits per heavy atom. The van der Waals surface area contributed by atoms with Crippen LogP contribution >= 0.6 is 0 Å². The second kappa shape index (κ2) is 4.66. The predicted octanol–water partition coefficient (Wildman–Crippen LogP) is 0.810. The van der Waals surface area contributed by atoms with Crippen LogP contribution in [0.25, 0.3) is 0 Å². The molecule has 66 valence electrons. The molecule has 0 fully saturated rings. The van der Waals surface area contributed by atoms with E-state index in [0.717, 1.165) is 5.69 Å². The molecule has 0 aromatic carbocycles. The number of hydrogen-bond donors (Lipinski definition) is 0. The van der Waals surface area contributed by atoms with Crippen molar-refractivity contribution in [3.63, 3.8) is 0 Å². The molecule has 0 radical (unpaired) electrons. The summed E-state index contributed by atoms with van der Waals surface area (Å²) in [5.74, 6) is 0.597. The molecule has 1 heterocycles. The summed E-state index contributed by atoms with van der Waals surface area (Å²) in [6, 6.07) is 1.79. The minimum atomic E-state index is 0.521. The first-order valence-electron chi connectivity index (χ1n) is 3.73. The first-order valence-corrected chi connectivity index (χ1v) is 3.73. The van der Waals surface area contributed by atoms with Crippen LogP contribution in [0.3, 0.4) is 0 Å². The predicted molar refractivity (Wildman–Crippen MR) is 44.1 cm³/mol. The third-order valence-electron chi connectivity index (χ3n) is 1.32. The summed E-state index contributed by atoms with van der Waals surface area (Å²) in [4.78, 5) is 7.87. The fourth-order valence-electron chi connectivity index (χ4n) is 0.739. The van der Waals surface area contributed by atoms with Crippen molar-refractivity contribution >= 4 is 0 Å². The maximum Gasteiger partial charge on any atom is 0.216 e. The van der Waals surface area contributed by atoms with Gasteiger partial charge >= 0.3 is 0 Å². The molecular formula is C8H12N2O2. The van der Waals surface area contributed by atoms with Gasteiger partial charge in [-0.25, -0.2) is 9.97 Å². The van der Waals surface area contributed by atoms with Gasteiger partial charge in [0.15, 0.2) is 0 Å². The van der Waals surface area contributed by atoms with Crippen molar-refractivity contribution in [1.82, 2.24) is 9.97 Å². The standard InChI is InChI=1S/C8H12N2O2/c1-7-5-8(10-6-9-7)12-4-3-11-2/h5-6H,3-4H2,1-2H3. The molecular weight excluding hydrogens is 156 g/mol. The van der Waals surface area contributed by atoms with E-state index in [1.54, 1.807) is 13.2 Å². The molecule has 0 unspecified atom stereocenters. The van der Waals surface area contributed by atoms with Crippen molar-refractivity contribution in [1.29, 1.82) is 0 Å². The number of aryl methyl sites for hydroxylation is 1. The van der Waals surface area contributed by atoms with Crippen LogP contribution in [0, 0.1) is 6.92 Å². The summed E-state index contributed by atoms with van der Waals surface area (Å²) in [6.07, 6.45) is 1.48. The Bertz CT molecular complexity index is 240. The molecule has 1 rings (SSSR count). The zero-order valence-electron chi connectivity index (χ0n) is 7.28. The first-order chi connectivity index (χ1) is 5.83. The Morgan fingerprint density at radius 1 is 1.33 bits per heavy atom. The van der Waals surface area contributed by atoms with Crippen LogP contribution in [-0.4, -0.2) is 30.3 Å². The molecule has 0 saturated carbocycles. The van der Waals surface area contributed by atoms with Gasteiger partial charge in [0.1, 0.15) is 12.9 Å². The van der Waals surface area contributed by atoms with E-state index in [-0.39, 0.29) is 0 Å². The topological polar surface area (TPSA) is 44.2 Å². The van der Waals surface area contributed by atoms with Gasteiger partial charge in [-0.3, -0.25) is 0 Å². The van der Waals surface area contributed by atoms with Crippen LogP contribution < -0.4 is 4.74 Å². The molecule has 0 aliphatic carbocycles. The van der Waals surface area contributed by atoms with E-state index >= 15 is 0 Å². The lowest BCUT2D eigenvalue weighted by Gasteiger charge is -2.03. The maximum absolute atomic E-state index is 5.25. The van der Waals surface area contributed by atoms with Crippen LogP contribution in [-0.2, 0) is 4.74 Å². The number of nitrogens with zero attached hydrogens (tertiary/aromatic N) is 2. The molecule has 0 spiro atoms. The summed E-state index contributed by atoms with van der Waals surface area (Å²) in [5, 5.41) is 0. The quantitative estimate of drug-likeness (QED) is 0.624. The van der Waals surface area contributed by atoms with E-state index in [4.69, 9.17) is 9.47 Å². The lowest BCUT2D eigenvalue weighted by atomic mass is 10.4. The molecule has 0 saturated heterocycles. The molecule has 0 amide bonds. The highest BCUT2D eigenvalue weighted by atomic mass is 16.5. The molecule has 1 aromatic rings. The SMILES string of the molecule is COCCOc1cc(C)ncn1. The maximum atomic E-state index is 5.25. The number of rotatable bonds is 4. The lowest BCUT2D eigenvalue weighted by Crippen LogP contribution is -2.05. The van der Waals surface area contributed by atoms with Crippen molar-refractivity contribution < 1.29 is 9.47 Å². The van der Waals surface area contributed by atoms with Crippen LogP contribution in [0.4, 0.5) is 0 Å². The summed E-state index contributed by atoms with van der Waals surface area (Å²) >= 11 is 0. The Morgan fingerprint density at radius 2 is 2.17 bits per heavy atom. The van der Waals surface area contributed by atoms with Gasteiger partial charge in [0.25, 0.3) is 0 Å². The lowest BCUT2D eigenvalue weighted by molar-refractivity contribution is 0.143. The highest BCUT2D eigenvalue weighted by Gasteiger charge is 1.94. The van der Waals surface area contributed by atoms with Gasteiger partial charge in [0.2, 0.25) is 5.88 Å². The Balaban J connectivity index is 2.41. The van der Waals surface area contributed by atoms with Gasteiger partial charge in [-0.2, -0.15) is 0 Å². The van der Waals surface area contributed by atoms with E-state index in [9.17, 15) is 0 Å². The smallest absolute Gasteiger partial charge is 0.216 e. The molecule has 4 nitrogen and oxygen atoms in total. The van der Waals surface area contributed by atoms with E-state index in [0.29, 0.717) is 19.1 Å². The van der Waals surface area contributed by atoms with Crippen molar-refractivity contribution in [3.05, 3.63) is 18.1 Å². The van der Waals surface area contributed by atoms with E-state index in [1.807, 2.05) is 6.92 Å². The fourth-order valence-corrected chi connectivity index (χ4v) is 0.739. The zero-order chi connectivity index (χ0) is 8.81. The summed E-state index contributed by atoms with van der Waals surface area (Å²) < 4.78 is 10.1. The van der Waals surface area contributed by atoms with Crippen molar-refractivity contribution in [3.8, 4) is 5.88 Å². The van der Waals surface area contributed by atoms with Crippen LogP contribution in [0.2, 0.25) is 0 Å². The van der Waals surface area contributed by atoms with Gasteiger partial charge in [-0.1, -0.05) is 0 Å². The van der Waals surface area contributed by atoms with Crippen molar-refractivity contribution in [2.75, 3.05) is 20.3 Å². The van der Waals surface area contributed by atoms with Crippen LogP contribution in [0.5, 0.6) is 5.88 Å². The molecule has 0 atom stereocenters. The summed E-state index contributed by atoms with van der Waals surface area (Å²) in [5.41, 5.74) is 0.900. The second-order valence-corrected chi connectivity index (χ2v) is 2.34. The van der Waals surface area contributed by atoms with Crippen molar-refractivity contribution in [2.45, 2.75) is 6.92 Å². The van der Waals surface area contributed by atoms with Gasteiger partial charge in [-0.05, 0) is 6.92 Å². The normalized spacial score (nSPS) is 9.83. The summed E-state index contributed by atoms with van der Waals surface area (Å²) in [6.45, 7) is 2.99. The highest BCUT2D eigenvalue weighted by Crippen LogP contribution is 2.04. The molecule has 12 heavy (non-hydrogen) atoms. The average molecular weight is 168 g/mol. The number of hydrogen-bond acceptors (Lipinski definition) is 4. The molecule has 1 aromatic heterocycles. The van der Waals surface area contributed by atoms with Gasteiger partial charge < -0.3 is 9.47 Å². The molecule has 0 aliphatic heterocycles. The third-order valence-corrected chi connectivity index (χ3v) is 1.32. The van der Waals surface area contributed by atoms with E-state index in [1.165, 1.54) is 6.33 Å². The Kier molecular flexibility index (Phi) is 3.47. The molecule has 0 N–H and O–H groups in total. The fraction of sp³-hybridized carbons (Fsp3) is 0.500. The van der Waals surface area contributed by atoms with Gasteiger partial charge in [0.05, 0.1) is 6.61 Å². The van der Waals surface area contributed by atoms with E-state index < -0.39 is 0 Å². The van der Waals surface area contributed by atoms with Crippen LogP contribution in [0.15, 0.2) is 12.4 Å². The highest BCUT2D eigenvalue weighted by molar-refractivity contribution is 5.11. The third kappa shape index (κ3) is 2.84. The van der Waals surface area contributed by atoms with E-state index in [2.05, 4.69) is 9.97 Å². The molecule has 0 bridgehead atoms. The minimum absolute atomic E-state index is 0.521. The number of methoxy groups -OCH3 is 1. The average Bonchev–Trinajstić information content (AvgIpc) is 2.05. The Labute approximate surface area is 71.6 Å². The van der Waals surface area contributed by atoms with Crippen molar-refractivity contribution in [2.24, 2.45) is 0 Å². The van der Waals surface area contributed by atoms with Gasteiger partial charge in [-0.15, -0.1) is 0 Å². The van der Waals surface area contributed by atoms with Gasteiger partial charge in [0, 0.05) is 18.9 Å². The monoisotopic (exact) mass is 168 g/mol. The first kappa shape index (κ1) is 8.93. The summed E-state index contributed by atoms with van der Waals surface area (Å²) in [7, 11) is 1.63. The minimum Gasteiger partial charge on any atom is -0.475 e. The number of ether oxygens (including phenoxy) is 2. The largest absolute Gasteiger partial charge is 0.475 e. The Hall–Kier alpha value is -1.16.